The Balaban J connectivity index is 1.40. The van der Waals surface area contributed by atoms with Gasteiger partial charge in [-0.1, -0.05) is 12.1 Å². The number of aryl methyl sites for hydroxylation is 1. The van der Waals surface area contributed by atoms with Crippen LogP contribution in [-0.2, 0) is 27.3 Å². The number of ether oxygens (including phenoxy) is 1. The number of benzene rings is 1. The summed E-state index contributed by atoms with van der Waals surface area (Å²) in [5.74, 6) is 0.0329. The maximum atomic E-state index is 13.5. The van der Waals surface area contributed by atoms with Gasteiger partial charge < -0.3 is 9.64 Å². The first-order valence-corrected chi connectivity index (χ1v) is 12.9. The molecule has 0 spiro atoms. The number of halogens is 1. The molecule has 0 unspecified atom stereocenters. The molecule has 1 aliphatic heterocycles. The third kappa shape index (κ3) is 5.39. The number of hydrogen-bond acceptors (Lipinski definition) is 8. The maximum Gasteiger partial charge on any atom is 0.245 e. The van der Waals surface area contributed by atoms with E-state index in [1.54, 1.807) is 29.4 Å². The standard InChI is InChI=1S/C27H25BrN6O4/c1-16(35)27-21-10-18(19-12-29-17(2)30-13-19)6-7-22(21)34(32-27)14-26(37)33-8-9-38-15-23(33)24(36)11-20-4-3-5-25(28)31-20/h3-7,10,12-13,23H,8-9,11,14-15H2,1-2H3/t23-/m1/s1. The zero-order valence-electron chi connectivity index (χ0n) is 20.9. The monoisotopic (exact) mass is 576 g/mol. The number of carbonyl (C=O) groups is 3. The SMILES string of the molecule is CC(=O)c1nn(CC(=O)N2CCOC[C@@H]2C(=O)Cc2cccc(Br)n2)c2ccc(-c3cnc(C)nc3)cc12. The number of fused-ring (bicyclic) bond motifs is 1. The Hall–Kier alpha value is -3.83. The fourth-order valence-electron chi connectivity index (χ4n) is 4.51. The van der Waals surface area contributed by atoms with Crippen molar-refractivity contribution in [3.05, 3.63) is 70.6 Å². The Morgan fingerprint density at radius 3 is 2.63 bits per heavy atom. The number of rotatable bonds is 7. The number of nitrogens with zero attached hydrogens (tertiary/aromatic N) is 6. The van der Waals surface area contributed by atoms with Crippen LogP contribution in [0.5, 0.6) is 0 Å². The van der Waals surface area contributed by atoms with Crippen molar-refractivity contribution in [1.82, 2.24) is 29.6 Å². The van der Waals surface area contributed by atoms with E-state index >= 15 is 0 Å². The van der Waals surface area contributed by atoms with E-state index in [0.29, 0.717) is 33.6 Å². The quantitative estimate of drug-likeness (QED) is 0.243. The number of morpholine rings is 1. The summed E-state index contributed by atoms with van der Waals surface area (Å²) < 4.78 is 7.71. The largest absolute Gasteiger partial charge is 0.377 e. The van der Waals surface area contributed by atoms with Gasteiger partial charge in [0.15, 0.2) is 11.6 Å². The lowest BCUT2D eigenvalue weighted by Gasteiger charge is -2.34. The van der Waals surface area contributed by atoms with Crippen LogP contribution in [0.2, 0.25) is 0 Å². The van der Waals surface area contributed by atoms with Gasteiger partial charge in [0.2, 0.25) is 5.91 Å². The van der Waals surface area contributed by atoms with Gasteiger partial charge in [0.05, 0.1) is 25.2 Å². The van der Waals surface area contributed by atoms with Gasteiger partial charge in [-0.25, -0.2) is 15.0 Å². The van der Waals surface area contributed by atoms with E-state index in [1.165, 1.54) is 11.6 Å². The topological polar surface area (TPSA) is 120 Å². The molecule has 0 radical (unpaired) electrons. The number of Topliss-reactive ketones (excluding diaryl/α,β-unsaturated/α-hetero) is 2. The summed E-state index contributed by atoms with van der Waals surface area (Å²) in [6.07, 6.45) is 3.54. The highest BCUT2D eigenvalue weighted by atomic mass is 79.9. The Morgan fingerprint density at radius 2 is 1.89 bits per heavy atom. The first-order chi connectivity index (χ1) is 18.3. The van der Waals surface area contributed by atoms with Gasteiger partial charge in [0.25, 0.3) is 0 Å². The molecule has 1 amide bonds. The predicted octanol–water partition coefficient (Wildman–Crippen LogP) is 3.20. The molecule has 1 aromatic carbocycles. The van der Waals surface area contributed by atoms with Crippen LogP contribution < -0.4 is 0 Å². The van der Waals surface area contributed by atoms with E-state index in [2.05, 4.69) is 36.0 Å². The van der Waals surface area contributed by atoms with E-state index in [4.69, 9.17) is 4.74 Å². The highest BCUT2D eigenvalue weighted by Crippen LogP contribution is 2.27. The Bertz CT molecular complexity index is 1530. The van der Waals surface area contributed by atoms with Gasteiger partial charge in [0.1, 0.15) is 28.7 Å². The summed E-state index contributed by atoms with van der Waals surface area (Å²) in [6, 6.07) is 10.2. The lowest BCUT2D eigenvalue weighted by atomic mass is 10.0. The lowest BCUT2D eigenvalue weighted by molar-refractivity contribution is -0.147. The Kier molecular flexibility index (Phi) is 7.39. The summed E-state index contributed by atoms with van der Waals surface area (Å²) >= 11 is 3.32. The highest BCUT2D eigenvalue weighted by molar-refractivity contribution is 9.10. The second kappa shape index (κ2) is 10.9. The van der Waals surface area contributed by atoms with E-state index < -0.39 is 6.04 Å². The Labute approximate surface area is 227 Å². The molecule has 4 heterocycles. The second-order valence-corrected chi connectivity index (χ2v) is 9.90. The van der Waals surface area contributed by atoms with Gasteiger partial charge in [-0.15, -0.1) is 0 Å². The smallest absolute Gasteiger partial charge is 0.245 e. The van der Waals surface area contributed by atoms with E-state index in [1.807, 2.05) is 31.2 Å². The molecule has 1 aliphatic rings. The van der Waals surface area contributed by atoms with Gasteiger partial charge >= 0.3 is 0 Å². The third-order valence-corrected chi connectivity index (χ3v) is 6.87. The summed E-state index contributed by atoms with van der Waals surface area (Å²) in [5, 5.41) is 5.11. The van der Waals surface area contributed by atoms with Crippen molar-refractivity contribution in [1.29, 1.82) is 0 Å². The van der Waals surface area contributed by atoms with Crippen LogP contribution in [0, 0.1) is 6.92 Å². The number of pyridine rings is 1. The zero-order valence-corrected chi connectivity index (χ0v) is 22.5. The van der Waals surface area contributed by atoms with Gasteiger partial charge in [-0.2, -0.15) is 5.10 Å². The van der Waals surface area contributed by atoms with Crippen LogP contribution in [-0.4, -0.2) is 72.9 Å². The molecule has 0 aliphatic carbocycles. The van der Waals surface area contributed by atoms with Crippen LogP contribution in [0.4, 0.5) is 0 Å². The second-order valence-electron chi connectivity index (χ2n) is 9.09. The number of ketones is 2. The average Bonchev–Trinajstić information content (AvgIpc) is 3.27. The summed E-state index contributed by atoms with van der Waals surface area (Å²) in [7, 11) is 0. The molecule has 10 nitrogen and oxygen atoms in total. The van der Waals surface area contributed by atoms with Gasteiger partial charge in [0, 0.05) is 42.5 Å². The summed E-state index contributed by atoms with van der Waals surface area (Å²) in [6.45, 7) is 3.89. The van der Waals surface area contributed by atoms with Crippen molar-refractivity contribution in [2.45, 2.75) is 32.9 Å². The first-order valence-electron chi connectivity index (χ1n) is 12.1. The zero-order chi connectivity index (χ0) is 26.8. The molecular formula is C27H25BrN6O4. The average molecular weight is 577 g/mol. The minimum atomic E-state index is -0.723. The molecule has 5 rings (SSSR count). The normalized spacial score (nSPS) is 15.6. The molecular weight excluding hydrogens is 552 g/mol. The Morgan fingerprint density at radius 1 is 1.11 bits per heavy atom. The van der Waals surface area contributed by atoms with Crippen LogP contribution in [0.25, 0.3) is 22.0 Å². The summed E-state index contributed by atoms with van der Waals surface area (Å²) in [4.78, 5) is 53.4. The molecule has 38 heavy (non-hydrogen) atoms. The van der Waals surface area contributed by atoms with Crippen molar-refractivity contribution in [2.24, 2.45) is 0 Å². The van der Waals surface area contributed by atoms with Crippen molar-refractivity contribution in [3.8, 4) is 11.1 Å². The molecule has 1 saturated heterocycles. The van der Waals surface area contributed by atoms with Crippen molar-refractivity contribution in [3.63, 3.8) is 0 Å². The summed E-state index contributed by atoms with van der Waals surface area (Å²) in [5.41, 5.74) is 3.19. The number of amides is 1. The number of aromatic nitrogens is 5. The molecule has 194 valence electrons. The van der Waals surface area contributed by atoms with Crippen molar-refractivity contribution >= 4 is 44.3 Å². The third-order valence-electron chi connectivity index (χ3n) is 6.43. The maximum absolute atomic E-state index is 13.5. The number of hydrogen-bond donors (Lipinski definition) is 0. The molecule has 3 aromatic heterocycles. The molecule has 11 heteroatoms. The molecule has 0 bridgehead atoms. The minimum Gasteiger partial charge on any atom is -0.377 e. The lowest BCUT2D eigenvalue weighted by Crippen LogP contribution is -2.54. The van der Waals surface area contributed by atoms with Gasteiger partial charge in [-0.3, -0.25) is 19.1 Å². The molecule has 0 saturated carbocycles. The van der Waals surface area contributed by atoms with E-state index in [0.717, 1.165) is 11.1 Å². The van der Waals surface area contributed by atoms with Crippen molar-refractivity contribution in [2.75, 3.05) is 19.8 Å². The van der Waals surface area contributed by atoms with Gasteiger partial charge in [-0.05, 0) is 52.7 Å². The fraction of sp³-hybridized carbons (Fsp3) is 0.296. The van der Waals surface area contributed by atoms with Crippen molar-refractivity contribution < 1.29 is 19.1 Å². The number of carbonyl (C=O) groups excluding carboxylic acids is 3. The van der Waals surface area contributed by atoms with Crippen LogP contribution in [0.1, 0.15) is 28.9 Å². The molecule has 4 aromatic rings. The van der Waals surface area contributed by atoms with Crippen LogP contribution >= 0.6 is 15.9 Å². The van der Waals surface area contributed by atoms with Crippen LogP contribution in [0.3, 0.4) is 0 Å². The molecule has 1 fully saturated rings. The van der Waals surface area contributed by atoms with E-state index in [9.17, 15) is 14.4 Å². The van der Waals surface area contributed by atoms with E-state index in [-0.39, 0.29) is 49.3 Å². The highest BCUT2D eigenvalue weighted by Gasteiger charge is 2.33. The van der Waals surface area contributed by atoms with Crippen LogP contribution in [0.15, 0.2) is 53.4 Å². The molecule has 0 N–H and O–H groups in total. The predicted molar refractivity (Wildman–Crippen MR) is 142 cm³/mol. The fourth-order valence-corrected chi connectivity index (χ4v) is 4.89. The molecule has 1 atom stereocenters. The minimum absolute atomic E-state index is 0.0853. The first kappa shape index (κ1) is 25.8.